The second-order valence-electron chi connectivity index (χ2n) is 5.58. The highest BCUT2D eigenvalue weighted by atomic mass is 79.9. The van der Waals surface area contributed by atoms with E-state index in [0.717, 1.165) is 28.6 Å². The van der Waals surface area contributed by atoms with E-state index in [1.54, 1.807) is 0 Å². The van der Waals surface area contributed by atoms with Crippen LogP contribution in [0, 0.1) is 0 Å². The van der Waals surface area contributed by atoms with Crippen molar-refractivity contribution in [3.05, 3.63) is 86.6 Å². The molecule has 1 aliphatic carbocycles. The molecule has 1 aliphatic rings. The van der Waals surface area contributed by atoms with Gasteiger partial charge in [-0.2, -0.15) is 0 Å². The lowest BCUT2D eigenvalue weighted by molar-refractivity contribution is 1.06. The fourth-order valence-corrected chi connectivity index (χ4v) is 3.84. The summed E-state index contributed by atoms with van der Waals surface area (Å²) >= 11 is 10.0. The van der Waals surface area contributed by atoms with E-state index in [9.17, 15) is 0 Å². The van der Waals surface area contributed by atoms with E-state index in [4.69, 9.17) is 11.6 Å². The van der Waals surface area contributed by atoms with Crippen molar-refractivity contribution >= 4 is 27.5 Å². The second-order valence-corrected chi connectivity index (χ2v) is 6.85. The molecule has 1 aromatic heterocycles. The van der Waals surface area contributed by atoms with E-state index in [-0.39, 0.29) is 0 Å². The normalized spacial score (nSPS) is 12.1. The van der Waals surface area contributed by atoms with E-state index < -0.39 is 0 Å². The van der Waals surface area contributed by atoms with Gasteiger partial charge >= 0.3 is 0 Å². The molecule has 1 heterocycles. The Labute approximate surface area is 143 Å². The van der Waals surface area contributed by atoms with Gasteiger partial charge < -0.3 is 0 Å². The zero-order valence-corrected chi connectivity index (χ0v) is 14.2. The molecule has 1 nitrogen and oxygen atoms in total. The number of hydrogen-bond donors (Lipinski definition) is 0. The first-order valence-corrected chi connectivity index (χ1v) is 8.39. The number of pyridine rings is 1. The van der Waals surface area contributed by atoms with Gasteiger partial charge in [-0.25, -0.2) is 4.98 Å². The van der Waals surface area contributed by atoms with Crippen LogP contribution in [0.5, 0.6) is 0 Å². The molecule has 4 rings (SSSR count). The molecule has 2 aromatic carbocycles. The van der Waals surface area contributed by atoms with Crippen LogP contribution in [0.3, 0.4) is 0 Å². The zero-order chi connectivity index (χ0) is 15.1. The Kier molecular flexibility index (Phi) is 3.51. The molecule has 0 amide bonds. The van der Waals surface area contributed by atoms with E-state index in [0.29, 0.717) is 5.15 Å². The number of aromatic nitrogens is 1. The van der Waals surface area contributed by atoms with E-state index in [1.807, 2.05) is 6.07 Å². The largest absolute Gasteiger partial charge is 0.240 e. The van der Waals surface area contributed by atoms with Gasteiger partial charge in [-0.05, 0) is 46.9 Å². The smallest absolute Gasteiger partial charge is 0.137 e. The third kappa shape index (κ3) is 2.47. The highest BCUT2D eigenvalue weighted by Gasteiger charge is 2.23. The van der Waals surface area contributed by atoms with Crippen LogP contribution in [0.25, 0.3) is 11.1 Å². The van der Waals surface area contributed by atoms with Crippen LogP contribution < -0.4 is 0 Å². The van der Waals surface area contributed by atoms with Crippen molar-refractivity contribution in [3.63, 3.8) is 0 Å². The van der Waals surface area contributed by atoms with Crippen LogP contribution in [0.1, 0.15) is 22.4 Å². The molecule has 0 unspecified atom stereocenters. The Morgan fingerprint density at radius 2 is 1.82 bits per heavy atom. The topological polar surface area (TPSA) is 12.9 Å². The van der Waals surface area contributed by atoms with Gasteiger partial charge in [0.2, 0.25) is 0 Å². The lowest BCUT2D eigenvalue weighted by atomic mass is 10.0. The summed E-state index contributed by atoms with van der Waals surface area (Å²) in [6.07, 6.45) is 1.74. The van der Waals surface area contributed by atoms with Crippen LogP contribution in [0.2, 0.25) is 5.15 Å². The van der Waals surface area contributed by atoms with Crippen LogP contribution in [0.4, 0.5) is 0 Å². The SMILES string of the molecule is Clc1nc(Cc2ccccc2)cc2c1-c1ccc(Br)cc1C2. The van der Waals surface area contributed by atoms with Crippen LogP contribution in [-0.2, 0) is 12.8 Å². The van der Waals surface area contributed by atoms with Gasteiger partial charge in [0.25, 0.3) is 0 Å². The molecule has 0 saturated heterocycles. The van der Waals surface area contributed by atoms with Gasteiger partial charge in [0, 0.05) is 22.2 Å². The monoisotopic (exact) mass is 369 g/mol. The van der Waals surface area contributed by atoms with Crippen molar-refractivity contribution in [2.75, 3.05) is 0 Å². The fourth-order valence-electron chi connectivity index (χ4n) is 3.10. The first-order chi connectivity index (χ1) is 10.7. The standard InChI is InChI=1S/C19H13BrClN/c20-15-6-7-17-13(10-15)9-14-11-16(22-19(21)18(14)17)8-12-4-2-1-3-5-12/h1-7,10-11H,8-9H2. The summed E-state index contributed by atoms with van der Waals surface area (Å²) in [5.41, 5.74) is 7.18. The Hall–Kier alpha value is -1.64. The maximum Gasteiger partial charge on any atom is 0.137 e. The highest BCUT2D eigenvalue weighted by molar-refractivity contribution is 9.10. The number of halogens is 2. The molecule has 108 valence electrons. The molecule has 0 aliphatic heterocycles. The Morgan fingerprint density at radius 1 is 1.00 bits per heavy atom. The van der Waals surface area contributed by atoms with Crippen LogP contribution in [-0.4, -0.2) is 4.98 Å². The van der Waals surface area contributed by atoms with Crippen LogP contribution in [0.15, 0.2) is 59.1 Å². The second kappa shape index (κ2) is 5.53. The number of hydrogen-bond acceptors (Lipinski definition) is 1. The predicted molar refractivity (Wildman–Crippen MR) is 94.4 cm³/mol. The molecular formula is C19H13BrClN. The van der Waals surface area contributed by atoms with Gasteiger partial charge in [-0.3, -0.25) is 0 Å². The predicted octanol–water partition coefficient (Wildman–Crippen LogP) is 5.66. The van der Waals surface area contributed by atoms with Gasteiger partial charge in [0.1, 0.15) is 5.15 Å². The molecule has 0 radical (unpaired) electrons. The van der Waals surface area contributed by atoms with Gasteiger partial charge in [-0.1, -0.05) is 63.9 Å². The minimum absolute atomic E-state index is 0.615. The average Bonchev–Trinajstić information content (AvgIpc) is 2.85. The van der Waals surface area contributed by atoms with Crippen molar-refractivity contribution in [3.8, 4) is 11.1 Å². The summed E-state index contributed by atoms with van der Waals surface area (Å²) in [5.74, 6) is 0. The summed E-state index contributed by atoms with van der Waals surface area (Å²) in [4.78, 5) is 4.62. The lowest BCUT2D eigenvalue weighted by Crippen LogP contribution is -1.96. The average molecular weight is 371 g/mol. The third-order valence-electron chi connectivity index (χ3n) is 4.06. The van der Waals surface area contributed by atoms with Gasteiger partial charge in [0.05, 0.1) is 0 Å². The first-order valence-electron chi connectivity index (χ1n) is 7.22. The van der Waals surface area contributed by atoms with E-state index >= 15 is 0 Å². The van der Waals surface area contributed by atoms with Gasteiger partial charge in [0.15, 0.2) is 0 Å². The van der Waals surface area contributed by atoms with Gasteiger partial charge in [-0.15, -0.1) is 0 Å². The first kappa shape index (κ1) is 14.0. The van der Waals surface area contributed by atoms with E-state index in [1.165, 1.54) is 22.3 Å². The quantitative estimate of drug-likeness (QED) is 0.415. The summed E-state index contributed by atoms with van der Waals surface area (Å²) in [6, 6.07) is 18.9. The Balaban J connectivity index is 1.75. The summed E-state index contributed by atoms with van der Waals surface area (Å²) in [7, 11) is 0. The molecule has 3 heteroatoms. The van der Waals surface area contributed by atoms with Crippen LogP contribution >= 0.6 is 27.5 Å². The Morgan fingerprint density at radius 3 is 2.64 bits per heavy atom. The molecule has 0 fully saturated rings. The van der Waals surface area contributed by atoms with Crippen molar-refractivity contribution in [1.29, 1.82) is 0 Å². The fraction of sp³-hybridized carbons (Fsp3) is 0.105. The van der Waals surface area contributed by atoms with Crippen molar-refractivity contribution in [1.82, 2.24) is 4.98 Å². The third-order valence-corrected chi connectivity index (χ3v) is 4.82. The molecule has 3 aromatic rings. The summed E-state index contributed by atoms with van der Waals surface area (Å²) in [6.45, 7) is 0. The maximum atomic E-state index is 6.49. The highest BCUT2D eigenvalue weighted by Crippen LogP contribution is 2.41. The minimum atomic E-state index is 0.615. The molecule has 0 saturated carbocycles. The molecule has 0 atom stereocenters. The van der Waals surface area contributed by atoms with Crippen molar-refractivity contribution < 1.29 is 0 Å². The summed E-state index contributed by atoms with van der Waals surface area (Å²) in [5, 5.41) is 0.615. The summed E-state index contributed by atoms with van der Waals surface area (Å²) < 4.78 is 1.10. The Bertz CT molecular complexity index is 859. The van der Waals surface area contributed by atoms with Crippen molar-refractivity contribution in [2.24, 2.45) is 0 Å². The van der Waals surface area contributed by atoms with E-state index in [2.05, 4.69) is 69.4 Å². The maximum absolute atomic E-state index is 6.49. The lowest BCUT2D eigenvalue weighted by Gasteiger charge is -2.07. The van der Waals surface area contributed by atoms with Crippen molar-refractivity contribution in [2.45, 2.75) is 12.8 Å². The molecule has 0 bridgehead atoms. The zero-order valence-electron chi connectivity index (χ0n) is 11.8. The minimum Gasteiger partial charge on any atom is -0.240 e. The molecule has 22 heavy (non-hydrogen) atoms. The molecular weight excluding hydrogens is 358 g/mol. The number of nitrogens with zero attached hydrogens (tertiary/aromatic N) is 1. The number of fused-ring (bicyclic) bond motifs is 3. The molecule has 0 N–H and O–H groups in total. The number of benzene rings is 2. The number of rotatable bonds is 2. The molecule has 0 spiro atoms.